The lowest BCUT2D eigenvalue weighted by Crippen LogP contribution is -2.02. The lowest BCUT2D eigenvalue weighted by Gasteiger charge is -2.05. The van der Waals surface area contributed by atoms with Crippen molar-refractivity contribution in [1.82, 2.24) is 0 Å². The molecule has 0 radical (unpaired) electrons. The second-order valence-corrected chi connectivity index (χ2v) is 3.51. The summed E-state index contributed by atoms with van der Waals surface area (Å²) in [5.41, 5.74) is 2.30. The van der Waals surface area contributed by atoms with Crippen molar-refractivity contribution in [3.63, 3.8) is 0 Å². The van der Waals surface area contributed by atoms with Crippen LogP contribution in [-0.2, 0) is 11.3 Å². The fourth-order valence-electron chi connectivity index (χ4n) is 0.925. The van der Waals surface area contributed by atoms with Gasteiger partial charge in [0.15, 0.2) is 0 Å². The largest absolute Gasteiger partial charge is 0.508 e. The minimum absolute atomic E-state index is 0.463. The zero-order valence-corrected chi connectivity index (χ0v) is 8.27. The topological polar surface area (TPSA) is 9.23 Å². The molecule has 0 aliphatic heterocycles. The first-order valence-electron chi connectivity index (χ1n) is 3.64. The maximum Gasteiger partial charge on any atom is 0.508 e. The molecule has 0 unspecified atom stereocenters. The van der Waals surface area contributed by atoms with Crippen molar-refractivity contribution in [3.8, 4) is 0 Å². The van der Waals surface area contributed by atoms with Crippen LogP contribution >= 0.6 is 22.9 Å². The van der Waals surface area contributed by atoms with Gasteiger partial charge < -0.3 is 4.65 Å². The van der Waals surface area contributed by atoms with Gasteiger partial charge in [0, 0.05) is 0 Å². The molecule has 4 heteroatoms. The van der Waals surface area contributed by atoms with Crippen molar-refractivity contribution in [2.24, 2.45) is 0 Å². The van der Waals surface area contributed by atoms with Gasteiger partial charge in [0.05, 0.1) is 6.61 Å². The zero-order chi connectivity index (χ0) is 8.97. The zero-order valence-electron chi connectivity index (χ0n) is 6.76. The molecule has 0 spiro atoms. The Labute approximate surface area is 82.6 Å². The summed E-state index contributed by atoms with van der Waals surface area (Å²) < 4.78 is 5.04. The van der Waals surface area contributed by atoms with Crippen molar-refractivity contribution in [3.05, 3.63) is 35.4 Å². The Morgan fingerprint density at radius 2 is 2.00 bits per heavy atom. The van der Waals surface area contributed by atoms with E-state index < -0.39 is 5.75 Å². The number of hydrogen-bond acceptors (Lipinski definition) is 1. The second-order valence-electron chi connectivity index (χ2n) is 2.50. The molecule has 0 saturated heterocycles. The van der Waals surface area contributed by atoms with Gasteiger partial charge in [0.25, 0.3) is 0 Å². The van der Waals surface area contributed by atoms with Crippen molar-refractivity contribution >= 4 is 28.7 Å². The van der Waals surface area contributed by atoms with Gasteiger partial charge in [0.1, 0.15) is 0 Å². The predicted octanol–water partition coefficient (Wildman–Crippen LogP) is 2.97. The van der Waals surface area contributed by atoms with Crippen LogP contribution in [0.1, 0.15) is 11.1 Å². The molecular weight excluding hydrogens is 194 g/mol. The average molecular weight is 203 g/mol. The third-order valence-electron chi connectivity index (χ3n) is 1.63. The Bertz CT molecular complexity index is 253. The van der Waals surface area contributed by atoms with Crippen LogP contribution in [0.5, 0.6) is 0 Å². The molecule has 0 heterocycles. The Morgan fingerprint density at radius 3 is 2.58 bits per heavy atom. The molecule has 1 rings (SSSR count). The summed E-state index contributed by atoms with van der Waals surface area (Å²) in [5, 5.41) is 0. The van der Waals surface area contributed by atoms with Gasteiger partial charge in [0.2, 0.25) is 0 Å². The first-order valence-corrected chi connectivity index (χ1v) is 4.51. The number of benzene rings is 1. The van der Waals surface area contributed by atoms with Crippen molar-refractivity contribution in [2.75, 3.05) is 0 Å². The quantitative estimate of drug-likeness (QED) is 0.686. The fourth-order valence-corrected chi connectivity index (χ4v) is 1.05. The minimum atomic E-state index is -0.746. The lowest BCUT2D eigenvalue weighted by molar-refractivity contribution is 0.328. The van der Waals surface area contributed by atoms with E-state index >= 15 is 0 Å². The number of rotatable bonds is 3. The predicted molar refractivity (Wildman–Crippen MR) is 53.4 cm³/mol. The molecule has 0 fully saturated rings. The van der Waals surface area contributed by atoms with Crippen LogP contribution in [0.15, 0.2) is 24.3 Å². The molecule has 64 valence electrons. The van der Waals surface area contributed by atoms with Gasteiger partial charge in [-0.1, -0.05) is 24.3 Å². The molecule has 0 atom stereocenters. The van der Waals surface area contributed by atoms with Gasteiger partial charge in [-0.05, 0) is 18.1 Å². The van der Waals surface area contributed by atoms with E-state index in [9.17, 15) is 0 Å². The van der Waals surface area contributed by atoms with E-state index in [4.69, 9.17) is 27.6 Å². The van der Waals surface area contributed by atoms with E-state index in [0.29, 0.717) is 6.61 Å². The molecule has 1 nitrogen and oxygen atoms in total. The van der Waals surface area contributed by atoms with Crippen molar-refractivity contribution in [2.45, 2.75) is 13.5 Å². The number of halogens is 2. The summed E-state index contributed by atoms with van der Waals surface area (Å²) in [6.07, 6.45) is 0. The maximum absolute atomic E-state index is 5.42. The van der Waals surface area contributed by atoms with Crippen LogP contribution in [0, 0.1) is 6.92 Å². The normalized spacial score (nSPS) is 9.92. The highest BCUT2D eigenvalue weighted by molar-refractivity contribution is 7.30. The fraction of sp³-hybridized carbons (Fsp3) is 0.250. The van der Waals surface area contributed by atoms with Gasteiger partial charge in [-0.25, -0.2) is 0 Å². The van der Waals surface area contributed by atoms with E-state index in [0.717, 1.165) is 5.56 Å². The summed E-state index contributed by atoms with van der Waals surface area (Å²) in [5.74, 6) is -0.746. The molecule has 0 aliphatic carbocycles. The Kier molecular flexibility index (Phi) is 3.93. The standard InChI is InChI=1S/C8H9BCl2O/c1-7-4-2-3-5-8(7)6-12-9(10)11/h2-5H,6H2,1H3. The molecular formula is C8H9BCl2O. The molecule has 12 heavy (non-hydrogen) atoms. The smallest absolute Gasteiger partial charge is 0.405 e. The molecule has 0 aliphatic rings. The van der Waals surface area contributed by atoms with Crippen LogP contribution in [0.2, 0.25) is 0 Å². The van der Waals surface area contributed by atoms with Gasteiger partial charge in [-0.2, -0.15) is 0 Å². The van der Waals surface area contributed by atoms with Crippen molar-refractivity contribution < 1.29 is 4.65 Å². The highest BCUT2D eigenvalue weighted by Crippen LogP contribution is 2.10. The van der Waals surface area contributed by atoms with Gasteiger partial charge in [-0.3, -0.25) is 0 Å². The Morgan fingerprint density at radius 1 is 1.33 bits per heavy atom. The van der Waals surface area contributed by atoms with Crippen LogP contribution in [-0.4, -0.2) is 5.75 Å². The first-order chi connectivity index (χ1) is 5.70. The molecule has 0 bridgehead atoms. The van der Waals surface area contributed by atoms with Crippen molar-refractivity contribution in [1.29, 1.82) is 0 Å². The van der Waals surface area contributed by atoms with E-state index in [1.807, 2.05) is 31.2 Å². The van der Waals surface area contributed by atoms with E-state index in [1.54, 1.807) is 0 Å². The summed E-state index contributed by atoms with van der Waals surface area (Å²) in [7, 11) is 0. The molecule has 1 aromatic carbocycles. The maximum atomic E-state index is 5.42. The van der Waals surface area contributed by atoms with Crippen LogP contribution in [0.25, 0.3) is 0 Å². The highest BCUT2D eigenvalue weighted by atomic mass is 35.5. The number of aryl methyl sites for hydroxylation is 1. The Hall–Kier alpha value is -0.175. The van der Waals surface area contributed by atoms with Crippen LogP contribution < -0.4 is 0 Å². The lowest BCUT2D eigenvalue weighted by atomic mass is 10.1. The summed E-state index contributed by atoms with van der Waals surface area (Å²) in [6.45, 7) is 2.49. The summed E-state index contributed by atoms with van der Waals surface area (Å²) >= 11 is 10.8. The summed E-state index contributed by atoms with van der Waals surface area (Å²) in [4.78, 5) is 0. The molecule has 0 aromatic heterocycles. The molecule has 0 saturated carbocycles. The molecule has 1 aromatic rings. The Balaban J connectivity index is 2.57. The van der Waals surface area contributed by atoms with E-state index in [1.165, 1.54) is 5.56 Å². The SMILES string of the molecule is Cc1ccccc1COB(Cl)Cl. The van der Waals surface area contributed by atoms with Crippen LogP contribution in [0.3, 0.4) is 0 Å². The van der Waals surface area contributed by atoms with E-state index in [-0.39, 0.29) is 0 Å². The number of hydrogen-bond donors (Lipinski definition) is 0. The third kappa shape index (κ3) is 3.06. The third-order valence-corrected chi connectivity index (χ3v) is 1.88. The average Bonchev–Trinajstić information content (AvgIpc) is 2.03. The minimum Gasteiger partial charge on any atom is -0.405 e. The van der Waals surface area contributed by atoms with Crippen LogP contribution in [0.4, 0.5) is 0 Å². The monoisotopic (exact) mass is 202 g/mol. The van der Waals surface area contributed by atoms with E-state index in [2.05, 4.69) is 0 Å². The molecule has 0 N–H and O–H groups in total. The van der Waals surface area contributed by atoms with Gasteiger partial charge >= 0.3 is 5.75 Å². The summed E-state index contributed by atoms with van der Waals surface area (Å²) in [6, 6.07) is 7.96. The highest BCUT2D eigenvalue weighted by Gasteiger charge is 2.07. The molecule has 0 amide bonds. The first kappa shape index (κ1) is 9.91. The van der Waals surface area contributed by atoms with Gasteiger partial charge in [-0.15, -0.1) is 22.9 Å². The second kappa shape index (κ2) is 4.75.